The Hall–Kier alpha value is -2.27. The van der Waals surface area contributed by atoms with E-state index >= 15 is 0 Å². The molecule has 0 N–H and O–H groups in total. The molecule has 1 atom stereocenters. The van der Waals surface area contributed by atoms with Crippen LogP contribution < -0.4 is 4.74 Å². The fourth-order valence-corrected chi connectivity index (χ4v) is 1.60. The summed E-state index contributed by atoms with van der Waals surface area (Å²) in [4.78, 5) is 0. The van der Waals surface area contributed by atoms with Gasteiger partial charge >= 0.3 is 0 Å². The Morgan fingerprint density at radius 3 is 2.24 bits per heavy atom. The third kappa shape index (κ3) is 2.85. The van der Waals surface area contributed by atoms with E-state index in [1.807, 2.05) is 49.4 Å². The van der Waals surface area contributed by atoms with Gasteiger partial charge in [-0.25, -0.2) is 0 Å². The Labute approximate surface area is 101 Å². The van der Waals surface area contributed by atoms with E-state index in [1.54, 1.807) is 12.1 Å². The highest BCUT2D eigenvalue weighted by molar-refractivity contribution is 5.33. The van der Waals surface area contributed by atoms with Crippen LogP contribution in [0.5, 0.6) is 5.75 Å². The molecule has 2 aromatic carbocycles. The molecule has 1 unspecified atom stereocenters. The molecule has 0 radical (unpaired) electrons. The zero-order valence-corrected chi connectivity index (χ0v) is 9.63. The van der Waals surface area contributed by atoms with Gasteiger partial charge in [-0.2, -0.15) is 5.26 Å². The van der Waals surface area contributed by atoms with Crippen LogP contribution in [-0.2, 0) is 0 Å². The number of hydrogen-bond donors (Lipinski definition) is 0. The van der Waals surface area contributed by atoms with E-state index in [9.17, 15) is 0 Å². The Kier molecular flexibility index (Phi) is 3.42. The molecule has 0 spiro atoms. The number of para-hydroxylation sites is 1. The van der Waals surface area contributed by atoms with Crippen molar-refractivity contribution >= 4 is 0 Å². The van der Waals surface area contributed by atoms with Crippen LogP contribution in [-0.4, -0.2) is 0 Å². The number of hydrogen-bond acceptors (Lipinski definition) is 2. The topological polar surface area (TPSA) is 33.0 Å². The van der Waals surface area contributed by atoms with Crippen molar-refractivity contribution in [3.05, 3.63) is 65.7 Å². The monoisotopic (exact) mass is 223 g/mol. The van der Waals surface area contributed by atoms with Gasteiger partial charge in [-0.1, -0.05) is 30.3 Å². The average molecular weight is 223 g/mol. The molecule has 0 saturated carbocycles. The summed E-state index contributed by atoms with van der Waals surface area (Å²) in [5.41, 5.74) is 1.73. The highest BCUT2D eigenvalue weighted by Gasteiger charge is 2.06. The maximum Gasteiger partial charge on any atom is 0.121 e. The quantitative estimate of drug-likeness (QED) is 0.794. The number of rotatable bonds is 3. The summed E-state index contributed by atoms with van der Waals surface area (Å²) in [6.07, 6.45) is -0.0230. The number of nitriles is 1. The smallest absolute Gasteiger partial charge is 0.121 e. The molecule has 0 saturated heterocycles. The normalized spacial score (nSPS) is 11.5. The van der Waals surface area contributed by atoms with Crippen molar-refractivity contribution in [3.8, 4) is 11.8 Å². The van der Waals surface area contributed by atoms with Gasteiger partial charge in [-0.05, 0) is 36.8 Å². The minimum atomic E-state index is -0.0230. The first-order valence-electron chi connectivity index (χ1n) is 5.51. The Morgan fingerprint density at radius 1 is 1.00 bits per heavy atom. The third-order valence-corrected chi connectivity index (χ3v) is 2.57. The molecule has 0 amide bonds. The maximum atomic E-state index is 8.72. The summed E-state index contributed by atoms with van der Waals surface area (Å²) in [5, 5.41) is 8.72. The van der Waals surface area contributed by atoms with Crippen LogP contribution in [0.25, 0.3) is 0 Å². The van der Waals surface area contributed by atoms with Crippen LogP contribution in [0.15, 0.2) is 54.6 Å². The van der Waals surface area contributed by atoms with Gasteiger partial charge in [0, 0.05) is 0 Å². The lowest BCUT2D eigenvalue weighted by molar-refractivity contribution is 0.227. The number of nitrogens with zero attached hydrogens (tertiary/aromatic N) is 1. The van der Waals surface area contributed by atoms with Gasteiger partial charge in [-0.3, -0.25) is 0 Å². The van der Waals surface area contributed by atoms with Crippen LogP contribution in [0, 0.1) is 11.3 Å². The molecule has 2 rings (SSSR count). The van der Waals surface area contributed by atoms with E-state index in [4.69, 9.17) is 10.00 Å². The molecule has 0 aliphatic heterocycles. The fraction of sp³-hybridized carbons (Fsp3) is 0.133. The van der Waals surface area contributed by atoms with Crippen molar-refractivity contribution < 1.29 is 4.74 Å². The highest BCUT2D eigenvalue weighted by atomic mass is 16.5. The molecule has 0 fully saturated rings. The predicted octanol–water partition coefficient (Wildman–Crippen LogP) is 3.70. The summed E-state index contributed by atoms with van der Waals surface area (Å²) in [6, 6.07) is 19.3. The largest absolute Gasteiger partial charge is 0.486 e. The van der Waals surface area contributed by atoms with E-state index in [1.165, 1.54) is 0 Å². The third-order valence-electron chi connectivity index (χ3n) is 2.57. The maximum absolute atomic E-state index is 8.72. The Balaban J connectivity index is 2.10. The van der Waals surface area contributed by atoms with Crippen molar-refractivity contribution in [1.82, 2.24) is 0 Å². The van der Waals surface area contributed by atoms with Gasteiger partial charge in [0.05, 0.1) is 11.6 Å². The molecule has 0 heterocycles. The van der Waals surface area contributed by atoms with Crippen molar-refractivity contribution in [2.24, 2.45) is 0 Å². The zero-order chi connectivity index (χ0) is 12.1. The molecule has 2 aromatic rings. The lowest BCUT2D eigenvalue weighted by atomic mass is 10.1. The first kappa shape index (κ1) is 11.2. The second-order valence-electron chi connectivity index (χ2n) is 3.81. The van der Waals surface area contributed by atoms with E-state index < -0.39 is 0 Å². The average Bonchev–Trinajstić information content (AvgIpc) is 2.40. The molecule has 17 heavy (non-hydrogen) atoms. The van der Waals surface area contributed by atoms with Gasteiger partial charge < -0.3 is 4.74 Å². The molecule has 84 valence electrons. The second-order valence-corrected chi connectivity index (χ2v) is 3.81. The van der Waals surface area contributed by atoms with Crippen molar-refractivity contribution in [2.45, 2.75) is 13.0 Å². The van der Waals surface area contributed by atoms with Crippen molar-refractivity contribution in [1.29, 1.82) is 5.26 Å². The van der Waals surface area contributed by atoms with Crippen LogP contribution in [0.2, 0.25) is 0 Å². The van der Waals surface area contributed by atoms with Gasteiger partial charge in [-0.15, -0.1) is 0 Å². The lowest BCUT2D eigenvalue weighted by Gasteiger charge is -2.14. The fourth-order valence-electron chi connectivity index (χ4n) is 1.60. The van der Waals surface area contributed by atoms with Gasteiger partial charge in [0.15, 0.2) is 0 Å². The SMILES string of the molecule is CC(Oc1ccccc1)c1ccc(C#N)cc1. The standard InChI is InChI=1S/C15H13NO/c1-12(17-15-5-3-2-4-6-15)14-9-7-13(11-16)8-10-14/h2-10,12H,1H3. The molecular weight excluding hydrogens is 210 g/mol. The predicted molar refractivity (Wildman–Crippen MR) is 66.6 cm³/mol. The van der Waals surface area contributed by atoms with E-state index in [2.05, 4.69) is 6.07 Å². The van der Waals surface area contributed by atoms with Crippen LogP contribution in [0.3, 0.4) is 0 Å². The summed E-state index contributed by atoms with van der Waals surface area (Å²) < 4.78 is 5.79. The highest BCUT2D eigenvalue weighted by Crippen LogP contribution is 2.21. The van der Waals surface area contributed by atoms with Gasteiger partial charge in [0.1, 0.15) is 11.9 Å². The van der Waals surface area contributed by atoms with Crippen LogP contribution >= 0.6 is 0 Å². The molecule has 0 aliphatic carbocycles. The molecule has 2 nitrogen and oxygen atoms in total. The first-order chi connectivity index (χ1) is 8.29. The van der Waals surface area contributed by atoms with E-state index in [-0.39, 0.29) is 6.10 Å². The van der Waals surface area contributed by atoms with Crippen molar-refractivity contribution in [2.75, 3.05) is 0 Å². The molecule has 0 aromatic heterocycles. The Bertz CT molecular complexity index is 511. The first-order valence-corrected chi connectivity index (χ1v) is 5.51. The van der Waals surface area contributed by atoms with Gasteiger partial charge in [0.2, 0.25) is 0 Å². The molecular formula is C15H13NO. The number of ether oxygens (including phenoxy) is 1. The summed E-state index contributed by atoms with van der Waals surface area (Å²) >= 11 is 0. The van der Waals surface area contributed by atoms with Crippen LogP contribution in [0.4, 0.5) is 0 Å². The molecule has 0 bridgehead atoms. The lowest BCUT2D eigenvalue weighted by Crippen LogP contribution is -2.02. The van der Waals surface area contributed by atoms with Crippen LogP contribution in [0.1, 0.15) is 24.2 Å². The van der Waals surface area contributed by atoms with Gasteiger partial charge in [0.25, 0.3) is 0 Å². The van der Waals surface area contributed by atoms with Crippen molar-refractivity contribution in [3.63, 3.8) is 0 Å². The minimum absolute atomic E-state index is 0.0230. The van der Waals surface area contributed by atoms with E-state index in [0.29, 0.717) is 5.56 Å². The summed E-state index contributed by atoms with van der Waals surface area (Å²) in [6.45, 7) is 1.99. The minimum Gasteiger partial charge on any atom is -0.486 e. The Morgan fingerprint density at radius 2 is 1.65 bits per heavy atom. The summed E-state index contributed by atoms with van der Waals surface area (Å²) in [7, 11) is 0. The zero-order valence-electron chi connectivity index (χ0n) is 9.63. The molecule has 2 heteroatoms. The summed E-state index contributed by atoms with van der Waals surface area (Å²) in [5.74, 6) is 0.851. The number of benzene rings is 2. The second kappa shape index (κ2) is 5.18. The van der Waals surface area contributed by atoms with E-state index in [0.717, 1.165) is 11.3 Å². The molecule has 0 aliphatic rings.